The summed E-state index contributed by atoms with van der Waals surface area (Å²) in [4.78, 5) is 13.0. The molecule has 1 aromatic carbocycles. The highest BCUT2D eigenvalue weighted by Crippen LogP contribution is 2.37. The Bertz CT molecular complexity index is 736. The highest BCUT2D eigenvalue weighted by atomic mass is 35.5. The molecule has 0 fully saturated rings. The first-order chi connectivity index (χ1) is 12.8. The van der Waals surface area contributed by atoms with Crippen LogP contribution in [0, 0.1) is 0 Å². The summed E-state index contributed by atoms with van der Waals surface area (Å²) in [5.41, 5.74) is 5.46. The van der Waals surface area contributed by atoms with E-state index in [0.717, 1.165) is 61.9 Å². The molecule has 2 aromatic rings. The van der Waals surface area contributed by atoms with Gasteiger partial charge in [-0.25, -0.2) is 4.79 Å². The van der Waals surface area contributed by atoms with Crippen LogP contribution in [0.5, 0.6) is 0 Å². The van der Waals surface area contributed by atoms with Gasteiger partial charge < -0.3 is 9.30 Å². The van der Waals surface area contributed by atoms with Gasteiger partial charge in [0, 0.05) is 18.1 Å². The number of benzene rings is 1. The lowest BCUT2D eigenvalue weighted by Crippen LogP contribution is -2.11. The minimum atomic E-state index is -0.167. The number of unbranched alkanes of at least 4 members (excludes halogenated alkanes) is 1. The monoisotopic (exact) mass is 373 g/mol. The van der Waals surface area contributed by atoms with Crippen LogP contribution < -0.4 is 0 Å². The minimum absolute atomic E-state index is 0.167. The zero-order valence-electron chi connectivity index (χ0n) is 15.6. The molecule has 0 spiro atoms. The van der Waals surface area contributed by atoms with Gasteiger partial charge in [0.25, 0.3) is 0 Å². The van der Waals surface area contributed by atoms with E-state index in [9.17, 15) is 4.79 Å². The van der Waals surface area contributed by atoms with Crippen LogP contribution in [-0.2, 0) is 24.1 Å². The number of hydrogen-bond donors (Lipinski definition) is 0. The summed E-state index contributed by atoms with van der Waals surface area (Å²) in [6, 6.07) is 10.3. The second kappa shape index (κ2) is 9.27. The number of carbonyl (C=O) groups excluding carboxylic acids is 1. The summed E-state index contributed by atoms with van der Waals surface area (Å²) in [5.74, 6) is 0.509. The van der Waals surface area contributed by atoms with E-state index in [0.29, 0.717) is 12.5 Å². The lowest BCUT2D eigenvalue weighted by Gasteiger charge is -2.17. The van der Waals surface area contributed by atoms with Crippen LogP contribution in [0.25, 0.3) is 11.3 Å². The molecule has 0 saturated carbocycles. The fourth-order valence-corrected chi connectivity index (χ4v) is 4.05. The lowest BCUT2D eigenvalue weighted by atomic mass is 9.93. The number of hydrogen-bond acceptors (Lipinski definition) is 2. The van der Waals surface area contributed by atoms with E-state index in [1.54, 1.807) is 0 Å². The van der Waals surface area contributed by atoms with Gasteiger partial charge in [0.15, 0.2) is 0 Å². The minimum Gasteiger partial charge on any atom is -0.462 e. The van der Waals surface area contributed by atoms with Crippen molar-refractivity contribution in [1.82, 2.24) is 4.57 Å². The van der Waals surface area contributed by atoms with E-state index >= 15 is 0 Å². The molecule has 0 aliphatic heterocycles. The lowest BCUT2D eigenvalue weighted by molar-refractivity contribution is 0.0504. The Morgan fingerprint density at radius 1 is 1.15 bits per heavy atom. The van der Waals surface area contributed by atoms with Gasteiger partial charge >= 0.3 is 5.97 Å². The van der Waals surface area contributed by atoms with Crippen molar-refractivity contribution < 1.29 is 9.53 Å². The third-order valence-electron chi connectivity index (χ3n) is 5.03. The molecule has 0 amide bonds. The van der Waals surface area contributed by atoms with Crippen LogP contribution in [0.1, 0.15) is 60.6 Å². The SMILES string of the molecule is CCCOC(=O)c1c2c(n(CCCCCl)c1-c1ccccc1)CCCC2. The molecule has 140 valence electrons. The average Bonchev–Trinajstić information content (AvgIpc) is 3.01. The van der Waals surface area contributed by atoms with Gasteiger partial charge in [-0.15, -0.1) is 11.6 Å². The van der Waals surface area contributed by atoms with Crippen molar-refractivity contribution >= 4 is 17.6 Å². The molecule has 0 bridgehead atoms. The quantitative estimate of drug-likeness (QED) is 0.341. The fraction of sp³-hybridized carbons (Fsp3) is 0.500. The number of ether oxygens (including phenoxy) is 1. The first-order valence-corrected chi connectivity index (χ1v) is 10.3. The predicted octanol–water partition coefficient (Wildman–Crippen LogP) is 5.62. The summed E-state index contributed by atoms with van der Waals surface area (Å²) < 4.78 is 7.95. The van der Waals surface area contributed by atoms with Crippen molar-refractivity contribution in [1.29, 1.82) is 0 Å². The Morgan fingerprint density at radius 2 is 1.92 bits per heavy atom. The summed E-state index contributed by atoms with van der Waals surface area (Å²) in [7, 11) is 0. The summed E-state index contributed by atoms with van der Waals surface area (Å²) in [6.07, 6.45) is 7.17. The van der Waals surface area contributed by atoms with Crippen LogP contribution in [0.4, 0.5) is 0 Å². The molecule has 0 unspecified atom stereocenters. The van der Waals surface area contributed by atoms with Crippen LogP contribution in [0.3, 0.4) is 0 Å². The number of halogens is 1. The summed E-state index contributed by atoms with van der Waals surface area (Å²) in [5, 5.41) is 0. The van der Waals surface area contributed by atoms with Crippen LogP contribution in [-0.4, -0.2) is 23.0 Å². The van der Waals surface area contributed by atoms with Gasteiger partial charge in [-0.1, -0.05) is 37.3 Å². The number of esters is 1. The number of nitrogens with zero attached hydrogens (tertiary/aromatic N) is 1. The van der Waals surface area contributed by atoms with E-state index < -0.39 is 0 Å². The number of carbonyl (C=O) groups is 1. The average molecular weight is 374 g/mol. The van der Waals surface area contributed by atoms with Crippen molar-refractivity contribution in [3.8, 4) is 11.3 Å². The molecular formula is C22H28ClNO2. The third kappa shape index (κ3) is 3.98. The molecule has 1 aliphatic rings. The number of rotatable bonds is 8. The van der Waals surface area contributed by atoms with Gasteiger partial charge in [-0.3, -0.25) is 0 Å². The molecule has 26 heavy (non-hydrogen) atoms. The Hall–Kier alpha value is -1.74. The summed E-state index contributed by atoms with van der Waals surface area (Å²) in [6.45, 7) is 3.40. The number of alkyl halides is 1. The second-order valence-electron chi connectivity index (χ2n) is 6.91. The number of aromatic nitrogens is 1. The molecule has 1 heterocycles. The summed E-state index contributed by atoms with van der Waals surface area (Å²) >= 11 is 5.90. The standard InChI is InChI=1S/C22H28ClNO2/c1-2-16-26-22(25)20-18-12-6-7-13-19(18)24(15-9-8-14-23)21(20)17-10-4-3-5-11-17/h3-5,10-11H,2,6-9,12-16H2,1H3. The molecular weight excluding hydrogens is 346 g/mol. The van der Waals surface area contributed by atoms with Crippen LogP contribution in [0.15, 0.2) is 30.3 Å². The Balaban J connectivity index is 2.12. The molecule has 1 aliphatic carbocycles. The molecule has 0 radical (unpaired) electrons. The molecule has 0 N–H and O–H groups in total. The van der Waals surface area contributed by atoms with Gasteiger partial charge in [0.2, 0.25) is 0 Å². The molecule has 4 heteroatoms. The van der Waals surface area contributed by atoms with Crippen molar-refractivity contribution in [3.63, 3.8) is 0 Å². The smallest absolute Gasteiger partial charge is 0.340 e. The van der Waals surface area contributed by atoms with Gasteiger partial charge in [-0.05, 0) is 56.1 Å². The largest absolute Gasteiger partial charge is 0.462 e. The normalized spacial score (nSPS) is 13.5. The van der Waals surface area contributed by atoms with Gasteiger partial charge in [0.05, 0.1) is 17.9 Å². The van der Waals surface area contributed by atoms with Crippen molar-refractivity contribution in [2.24, 2.45) is 0 Å². The van der Waals surface area contributed by atoms with Crippen molar-refractivity contribution in [3.05, 3.63) is 47.2 Å². The fourth-order valence-electron chi connectivity index (χ4n) is 3.86. The third-order valence-corrected chi connectivity index (χ3v) is 5.29. The maximum Gasteiger partial charge on any atom is 0.340 e. The molecule has 0 saturated heterocycles. The van der Waals surface area contributed by atoms with Crippen LogP contribution in [0.2, 0.25) is 0 Å². The van der Waals surface area contributed by atoms with E-state index in [1.165, 1.54) is 17.7 Å². The number of fused-ring (bicyclic) bond motifs is 1. The maximum absolute atomic E-state index is 13.0. The highest BCUT2D eigenvalue weighted by Gasteiger charge is 2.29. The van der Waals surface area contributed by atoms with Crippen molar-refractivity contribution in [2.45, 2.75) is 58.4 Å². The maximum atomic E-state index is 13.0. The van der Waals surface area contributed by atoms with E-state index in [4.69, 9.17) is 16.3 Å². The van der Waals surface area contributed by atoms with E-state index in [1.807, 2.05) is 25.1 Å². The molecule has 1 aromatic heterocycles. The van der Waals surface area contributed by atoms with Gasteiger partial charge in [-0.2, -0.15) is 0 Å². The Labute approximate surface area is 161 Å². The first kappa shape index (κ1) is 19.0. The highest BCUT2D eigenvalue weighted by molar-refractivity contribution is 6.17. The topological polar surface area (TPSA) is 31.2 Å². The van der Waals surface area contributed by atoms with Gasteiger partial charge in [0.1, 0.15) is 0 Å². The zero-order valence-corrected chi connectivity index (χ0v) is 16.4. The van der Waals surface area contributed by atoms with E-state index in [2.05, 4.69) is 16.7 Å². The molecule has 3 rings (SSSR count). The zero-order chi connectivity index (χ0) is 18.4. The second-order valence-corrected chi connectivity index (χ2v) is 7.28. The Kier molecular flexibility index (Phi) is 6.79. The van der Waals surface area contributed by atoms with E-state index in [-0.39, 0.29) is 5.97 Å². The van der Waals surface area contributed by atoms with Crippen LogP contribution >= 0.6 is 11.6 Å². The Morgan fingerprint density at radius 3 is 2.65 bits per heavy atom. The van der Waals surface area contributed by atoms with Crippen molar-refractivity contribution in [2.75, 3.05) is 12.5 Å². The molecule has 0 atom stereocenters. The first-order valence-electron chi connectivity index (χ1n) is 9.80. The predicted molar refractivity (Wildman–Crippen MR) is 107 cm³/mol. The molecule has 3 nitrogen and oxygen atoms in total.